The molecule has 0 spiro atoms. The summed E-state index contributed by atoms with van der Waals surface area (Å²) in [6.45, 7) is 1.16. The number of urea groups is 1. The Morgan fingerprint density at radius 3 is 2.40 bits per heavy atom. The fourth-order valence-electron chi connectivity index (χ4n) is 1.34. The highest BCUT2D eigenvalue weighted by atomic mass is 35.5. The molecule has 6 nitrogen and oxygen atoms in total. The van der Waals surface area contributed by atoms with E-state index in [1.54, 1.807) is 0 Å². The average Bonchev–Trinajstić information content (AvgIpc) is 2.29. The van der Waals surface area contributed by atoms with Crippen LogP contribution in [0.25, 0.3) is 0 Å². The summed E-state index contributed by atoms with van der Waals surface area (Å²) in [5.74, 6) is -3.51. The number of anilines is 1. The van der Waals surface area contributed by atoms with E-state index >= 15 is 0 Å². The van der Waals surface area contributed by atoms with Crippen molar-refractivity contribution in [3.05, 3.63) is 28.8 Å². The summed E-state index contributed by atoms with van der Waals surface area (Å²) in [5.41, 5.74) is -0.500. The quantitative estimate of drug-likeness (QED) is 0.678. The van der Waals surface area contributed by atoms with Crippen molar-refractivity contribution in [3.8, 4) is 0 Å². The van der Waals surface area contributed by atoms with Crippen LogP contribution < -0.4 is 10.6 Å². The van der Waals surface area contributed by atoms with Crippen molar-refractivity contribution < 1.29 is 28.6 Å². The highest BCUT2D eigenvalue weighted by Crippen LogP contribution is 2.26. The number of amides is 2. The minimum atomic E-state index is -1.59. The van der Waals surface area contributed by atoms with Crippen LogP contribution in [0.1, 0.15) is 6.92 Å². The number of carboxylic acid groups (broad SMARTS) is 1. The zero-order valence-corrected chi connectivity index (χ0v) is 10.9. The van der Waals surface area contributed by atoms with E-state index in [0.717, 1.165) is 13.0 Å². The van der Waals surface area contributed by atoms with E-state index < -0.39 is 41.5 Å². The normalized spacial score (nSPS) is 13.4. The molecule has 0 heterocycles. The van der Waals surface area contributed by atoms with Gasteiger partial charge in [0, 0.05) is 6.07 Å². The first-order valence-electron chi connectivity index (χ1n) is 5.35. The number of carbonyl (C=O) groups excluding carboxylic acids is 1. The van der Waals surface area contributed by atoms with Gasteiger partial charge in [0.15, 0.2) is 11.9 Å². The molecule has 0 aliphatic heterocycles. The van der Waals surface area contributed by atoms with E-state index in [4.69, 9.17) is 16.7 Å². The maximum Gasteiger partial charge on any atom is 0.328 e. The molecule has 20 heavy (non-hydrogen) atoms. The number of nitrogens with one attached hydrogen (secondary N) is 2. The van der Waals surface area contributed by atoms with Gasteiger partial charge in [0.2, 0.25) is 0 Å². The Balaban J connectivity index is 2.84. The number of rotatable bonds is 4. The molecular weight excluding hydrogens is 298 g/mol. The summed E-state index contributed by atoms with van der Waals surface area (Å²) in [5, 5.41) is 21.4. The van der Waals surface area contributed by atoms with Crippen molar-refractivity contribution in [3.63, 3.8) is 0 Å². The lowest BCUT2D eigenvalue weighted by atomic mass is 10.2. The Bertz CT molecular complexity index is 516. The Morgan fingerprint density at radius 1 is 1.35 bits per heavy atom. The molecular formula is C11H11ClF2N2O4. The minimum Gasteiger partial charge on any atom is -0.480 e. The number of aliphatic hydroxyl groups excluding tert-OH is 1. The first-order chi connectivity index (χ1) is 9.22. The number of benzene rings is 1. The van der Waals surface area contributed by atoms with Gasteiger partial charge in [-0.2, -0.15) is 0 Å². The highest BCUT2D eigenvalue weighted by molar-refractivity contribution is 6.33. The van der Waals surface area contributed by atoms with E-state index in [9.17, 15) is 23.5 Å². The molecule has 0 radical (unpaired) electrons. The molecule has 0 unspecified atom stereocenters. The number of hydrogen-bond donors (Lipinski definition) is 4. The number of carbonyl (C=O) groups is 2. The molecule has 0 saturated carbocycles. The zero-order valence-electron chi connectivity index (χ0n) is 10.2. The summed E-state index contributed by atoms with van der Waals surface area (Å²) in [7, 11) is 0. The van der Waals surface area contributed by atoms with Crippen LogP contribution in [-0.2, 0) is 4.79 Å². The summed E-state index contributed by atoms with van der Waals surface area (Å²) in [6, 6.07) is -1.41. The zero-order chi connectivity index (χ0) is 15.4. The van der Waals surface area contributed by atoms with Crippen LogP contribution in [0.5, 0.6) is 0 Å². The Hall–Kier alpha value is -1.93. The van der Waals surface area contributed by atoms with Gasteiger partial charge in [0.05, 0.1) is 16.8 Å². The van der Waals surface area contributed by atoms with E-state index in [1.807, 2.05) is 10.6 Å². The van der Waals surface area contributed by atoms with Gasteiger partial charge in [-0.25, -0.2) is 18.4 Å². The standard InChI is InChI=1S/C11H11ClF2N2O4/c1-4(17)8(10(18)19)15-11(20)16-9-6(12)2-5(13)3-7(9)14/h2-4,8,17H,1H3,(H,18,19)(H2,15,16,20)/t4-,8+/m1/s1. The highest BCUT2D eigenvalue weighted by Gasteiger charge is 2.25. The van der Waals surface area contributed by atoms with Crippen molar-refractivity contribution in [1.82, 2.24) is 5.32 Å². The molecule has 1 rings (SSSR count). The number of halogens is 3. The van der Waals surface area contributed by atoms with Crippen LogP contribution in [0.4, 0.5) is 19.3 Å². The number of aliphatic hydroxyl groups is 1. The Labute approximate surface area is 117 Å². The molecule has 0 aromatic heterocycles. The second-order valence-corrected chi connectivity index (χ2v) is 4.31. The lowest BCUT2D eigenvalue weighted by Gasteiger charge is -2.18. The number of aliphatic carboxylic acids is 1. The molecule has 0 saturated heterocycles. The summed E-state index contributed by atoms with van der Waals surface area (Å²) in [6.07, 6.45) is -1.37. The third kappa shape index (κ3) is 4.04. The largest absolute Gasteiger partial charge is 0.480 e. The van der Waals surface area contributed by atoms with E-state index in [0.29, 0.717) is 6.07 Å². The SMILES string of the molecule is C[C@@H](O)[C@H](NC(=O)Nc1c(F)cc(F)cc1Cl)C(=O)O. The summed E-state index contributed by atoms with van der Waals surface area (Å²) >= 11 is 5.55. The molecule has 0 aliphatic carbocycles. The topological polar surface area (TPSA) is 98.7 Å². The third-order valence-corrected chi connectivity index (χ3v) is 2.58. The van der Waals surface area contributed by atoms with Crippen LogP contribution >= 0.6 is 11.6 Å². The molecule has 0 bridgehead atoms. The van der Waals surface area contributed by atoms with E-state index in [2.05, 4.69) is 0 Å². The number of carboxylic acids is 1. The first kappa shape index (κ1) is 16.1. The fourth-order valence-corrected chi connectivity index (χ4v) is 1.58. The molecule has 2 amide bonds. The molecule has 9 heteroatoms. The third-order valence-electron chi connectivity index (χ3n) is 2.28. The minimum absolute atomic E-state index is 0.387. The maximum atomic E-state index is 13.4. The van der Waals surface area contributed by atoms with Gasteiger partial charge in [0.1, 0.15) is 5.82 Å². The van der Waals surface area contributed by atoms with Crippen molar-refractivity contribution in [2.45, 2.75) is 19.1 Å². The smallest absolute Gasteiger partial charge is 0.328 e. The molecule has 0 fully saturated rings. The van der Waals surface area contributed by atoms with Gasteiger partial charge < -0.3 is 20.8 Å². The van der Waals surface area contributed by atoms with Gasteiger partial charge >= 0.3 is 12.0 Å². The van der Waals surface area contributed by atoms with Crippen molar-refractivity contribution in [1.29, 1.82) is 0 Å². The molecule has 4 N–H and O–H groups in total. The van der Waals surface area contributed by atoms with E-state index in [-0.39, 0.29) is 5.02 Å². The maximum absolute atomic E-state index is 13.4. The lowest BCUT2D eigenvalue weighted by molar-refractivity contribution is -0.141. The van der Waals surface area contributed by atoms with Crippen molar-refractivity contribution in [2.24, 2.45) is 0 Å². The first-order valence-corrected chi connectivity index (χ1v) is 5.73. The van der Waals surface area contributed by atoms with Crippen LogP contribution in [0.15, 0.2) is 12.1 Å². The summed E-state index contributed by atoms with van der Waals surface area (Å²) < 4.78 is 26.2. The average molecular weight is 309 g/mol. The predicted octanol–water partition coefficient (Wildman–Crippen LogP) is 1.57. The van der Waals surface area contributed by atoms with Crippen molar-refractivity contribution in [2.75, 3.05) is 5.32 Å². The van der Waals surface area contributed by atoms with Gasteiger partial charge in [-0.3, -0.25) is 0 Å². The predicted molar refractivity (Wildman–Crippen MR) is 66.6 cm³/mol. The molecule has 1 aromatic carbocycles. The Kier molecular flexibility index (Phi) is 5.23. The molecule has 2 atom stereocenters. The monoisotopic (exact) mass is 308 g/mol. The second kappa shape index (κ2) is 6.49. The van der Waals surface area contributed by atoms with Crippen LogP contribution in [-0.4, -0.2) is 34.4 Å². The van der Waals surface area contributed by atoms with Crippen LogP contribution in [0, 0.1) is 11.6 Å². The fraction of sp³-hybridized carbons (Fsp3) is 0.273. The van der Waals surface area contributed by atoms with Gasteiger partial charge in [-0.1, -0.05) is 11.6 Å². The molecule has 1 aromatic rings. The molecule has 110 valence electrons. The van der Waals surface area contributed by atoms with Crippen molar-refractivity contribution >= 4 is 29.3 Å². The van der Waals surface area contributed by atoms with Gasteiger partial charge in [0.25, 0.3) is 0 Å². The lowest BCUT2D eigenvalue weighted by Crippen LogP contribution is -2.49. The Morgan fingerprint density at radius 2 is 1.95 bits per heavy atom. The van der Waals surface area contributed by atoms with E-state index in [1.165, 1.54) is 0 Å². The van der Waals surface area contributed by atoms with Gasteiger partial charge in [-0.15, -0.1) is 0 Å². The van der Waals surface area contributed by atoms with Crippen LogP contribution in [0.2, 0.25) is 5.02 Å². The second-order valence-electron chi connectivity index (χ2n) is 3.90. The van der Waals surface area contributed by atoms with Gasteiger partial charge in [-0.05, 0) is 13.0 Å². The summed E-state index contributed by atoms with van der Waals surface area (Å²) in [4.78, 5) is 22.3. The number of hydrogen-bond acceptors (Lipinski definition) is 3. The molecule has 0 aliphatic rings. The van der Waals surface area contributed by atoms with Crippen LogP contribution in [0.3, 0.4) is 0 Å².